The average molecular weight is 459 g/mol. The van der Waals surface area contributed by atoms with Crippen molar-refractivity contribution in [2.75, 3.05) is 20.4 Å². The Morgan fingerprint density at radius 2 is 1.79 bits per heavy atom. The lowest BCUT2D eigenvalue weighted by atomic mass is 9.82. The molecule has 176 valence electrons. The average Bonchev–Trinajstić information content (AvgIpc) is 3.36. The van der Waals surface area contributed by atoms with Gasteiger partial charge in [-0.3, -0.25) is 9.69 Å². The summed E-state index contributed by atoms with van der Waals surface area (Å²) in [5.41, 5.74) is 0.231. The van der Waals surface area contributed by atoms with Crippen LogP contribution in [0.2, 0.25) is 0 Å². The summed E-state index contributed by atoms with van der Waals surface area (Å²) in [5, 5.41) is 10.2. The van der Waals surface area contributed by atoms with E-state index in [1.807, 2.05) is 0 Å². The summed E-state index contributed by atoms with van der Waals surface area (Å²) in [5.74, 6) is -2.27. The molecule has 1 fully saturated rings. The molecule has 0 bridgehead atoms. The van der Waals surface area contributed by atoms with Gasteiger partial charge in [0.1, 0.15) is 5.60 Å². The van der Waals surface area contributed by atoms with Gasteiger partial charge in [-0.1, -0.05) is 12.1 Å². The highest BCUT2D eigenvalue weighted by atomic mass is 19.1. The van der Waals surface area contributed by atoms with Gasteiger partial charge in [-0.05, 0) is 56.2 Å². The first-order chi connectivity index (χ1) is 15.6. The van der Waals surface area contributed by atoms with E-state index in [1.54, 1.807) is 45.0 Å². The molecule has 2 aliphatic heterocycles. The summed E-state index contributed by atoms with van der Waals surface area (Å²) in [6, 6.07) is 8.46. The van der Waals surface area contributed by atoms with Crippen LogP contribution in [0, 0.1) is 11.7 Å². The Balaban J connectivity index is 1.79. The number of fused-ring (bicyclic) bond motifs is 1. The van der Waals surface area contributed by atoms with E-state index in [0.717, 1.165) is 0 Å². The van der Waals surface area contributed by atoms with Crippen molar-refractivity contribution in [2.45, 2.75) is 38.3 Å². The molecular formula is C24H26FNO7. The molecule has 4 rings (SSSR count). The van der Waals surface area contributed by atoms with Gasteiger partial charge in [-0.2, -0.15) is 0 Å². The lowest BCUT2D eigenvalue weighted by Crippen LogP contribution is -2.38. The van der Waals surface area contributed by atoms with Crippen molar-refractivity contribution in [3.63, 3.8) is 0 Å². The van der Waals surface area contributed by atoms with Gasteiger partial charge in [0.05, 0.1) is 19.1 Å². The van der Waals surface area contributed by atoms with E-state index in [0.29, 0.717) is 22.6 Å². The van der Waals surface area contributed by atoms with Crippen LogP contribution in [0.5, 0.6) is 17.2 Å². The van der Waals surface area contributed by atoms with Gasteiger partial charge in [0.2, 0.25) is 6.79 Å². The third kappa shape index (κ3) is 4.40. The second-order valence-electron chi connectivity index (χ2n) is 9.05. The number of nitrogens with zero attached hydrogens (tertiary/aromatic N) is 1. The molecule has 2 aromatic carbocycles. The second-order valence-corrected chi connectivity index (χ2v) is 9.05. The van der Waals surface area contributed by atoms with Crippen molar-refractivity contribution in [1.82, 2.24) is 4.90 Å². The number of aliphatic carboxylic acids is 1. The molecule has 0 spiro atoms. The molecular weight excluding hydrogens is 433 g/mol. The number of halogens is 1. The van der Waals surface area contributed by atoms with Crippen LogP contribution in [0.1, 0.15) is 43.9 Å². The van der Waals surface area contributed by atoms with Crippen LogP contribution in [-0.4, -0.2) is 48.1 Å². The largest absolute Gasteiger partial charge is 0.494 e. The van der Waals surface area contributed by atoms with Gasteiger partial charge in [0.15, 0.2) is 23.1 Å². The van der Waals surface area contributed by atoms with Crippen molar-refractivity contribution >= 4 is 12.1 Å². The van der Waals surface area contributed by atoms with E-state index < -0.39 is 41.4 Å². The maximum atomic E-state index is 14.6. The number of hydrogen-bond donors (Lipinski definition) is 1. The van der Waals surface area contributed by atoms with E-state index in [4.69, 9.17) is 18.9 Å². The third-order valence-corrected chi connectivity index (χ3v) is 5.76. The Bertz CT molecular complexity index is 1080. The summed E-state index contributed by atoms with van der Waals surface area (Å²) >= 11 is 0. The molecule has 0 unspecified atom stereocenters. The first kappa shape index (κ1) is 22.7. The Morgan fingerprint density at radius 3 is 2.42 bits per heavy atom. The predicted molar refractivity (Wildman–Crippen MR) is 115 cm³/mol. The Labute approximate surface area is 190 Å². The molecule has 0 saturated carbocycles. The minimum atomic E-state index is -1.11. The fraction of sp³-hybridized carbons (Fsp3) is 0.417. The topological polar surface area (TPSA) is 94.5 Å². The summed E-state index contributed by atoms with van der Waals surface area (Å²) in [7, 11) is 1.34. The van der Waals surface area contributed by atoms with Gasteiger partial charge in [0.25, 0.3) is 0 Å². The van der Waals surface area contributed by atoms with Gasteiger partial charge in [-0.25, -0.2) is 9.18 Å². The molecule has 1 N–H and O–H groups in total. The number of benzene rings is 2. The number of carbonyl (C=O) groups excluding carboxylic acids is 1. The fourth-order valence-electron chi connectivity index (χ4n) is 4.38. The van der Waals surface area contributed by atoms with Crippen LogP contribution in [0.4, 0.5) is 9.18 Å². The summed E-state index contributed by atoms with van der Waals surface area (Å²) in [4.78, 5) is 27.0. The zero-order valence-corrected chi connectivity index (χ0v) is 18.8. The molecule has 2 aromatic rings. The molecule has 0 aromatic heterocycles. The SMILES string of the molecule is COc1ccc([C@H]2[C@H](C(=O)O)[C@@H](c3ccc4c(c3)OCO4)CN2C(=O)OC(C)(C)C)cc1F. The second kappa shape index (κ2) is 8.46. The van der Waals surface area contributed by atoms with Gasteiger partial charge in [-0.15, -0.1) is 0 Å². The fourth-order valence-corrected chi connectivity index (χ4v) is 4.38. The van der Waals surface area contributed by atoms with Crippen molar-refractivity contribution in [2.24, 2.45) is 5.92 Å². The molecule has 0 radical (unpaired) electrons. The normalized spacial score (nSPS) is 21.7. The third-order valence-electron chi connectivity index (χ3n) is 5.76. The molecule has 9 heteroatoms. The van der Waals surface area contributed by atoms with E-state index in [2.05, 4.69) is 0 Å². The highest BCUT2D eigenvalue weighted by Gasteiger charge is 2.50. The number of carbonyl (C=O) groups is 2. The number of ether oxygens (including phenoxy) is 4. The van der Waals surface area contributed by atoms with Gasteiger partial charge in [0, 0.05) is 12.5 Å². The standard InChI is InChI=1S/C24H26FNO7/c1-24(2,3)33-23(29)26-11-15(13-5-8-18-19(10-13)32-12-31-18)20(22(27)28)21(26)14-6-7-17(30-4)16(25)9-14/h5-10,15,20-21H,11-12H2,1-4H3,(H,27,28)/t15-,20-,21+/m1/s1. The van der Waals surface area contributed by atoms with Gasteiger partial charge < -0.3 is 24.1 Å². The highest BCUT2D eigenvalue weighted by Crippen LogP contribution is 2.48. The van der Waals surface area contributed by atoms with Gasteiger partial charge >= 0.3 is 12.1 Å². The van der Waals surface area contributed by atoms with Crippen LogP contribution in [0.3, 0.4) is 0 Å². The van der Waals surface area contributed by atoms with Crippen LogP contribution < -0.4 is 14.2 Å². The maximum Gasteiger partial charge on any atom is 0.410 e. The van der Waals surface area contributed by atoms with E-state index >= 15 is 0 Å². The monoisotopic (exact) mass is 459 g/mol. The Kier molecular flexibility index (Phi) is 5.82. The molecule has 3 atom stereocenters. The van der Waals surface area contributed by atoms with Crippen molar-refractivity contribution in [3.8, 4) is 17.2 Å². The Hall–Kier alpha value is -3.49. The number of carboxylic acid groups (broad SMARTS) is 1. The smallest absolute Gasteiger partial charge is 0.410 e. The first-order valence-electron chi connectivity index (χ1n) is 10.5. The predicted octanol–water partition coefficient (Wildman–Crippen LogP) is 4.34. The molecule has 0 aliphatic carbocycles. The molecule has 1 saturated heterocycles. The lowest BCUT2D eigenvalue weighted by molar-refractivity contribution is -0.143. The van der Waals surface area contributed by atoms with Crippen LogP contribution >= 0.6 is 0 Å². The summed E-state index contributed by atoms with van der Waals surface area (Å²) < 4.78 is 35.9. The maximum absolute atomic E-state index is 14.6. The molecule has 2 heterocycles. The zero-order chi connectivity index (χ0) is 23.9. The quantitative estimate of drug-likeness (QED) is 0.727. The number of methoxy groups -OCH3 is 1. The zero-order valence-electron chi connectivity index (χ0n) is 18.8. The molecule has 33 heavy (non-hydrogen) atoms. The summed E-state index contributed by atoms with van der Waals surface area (Å²) in [6.07, 6.45) is -0.668. The number of likely N-dealkylation sites (tertiary alicyclic amines) is 1. The summed E-state index contributed by atoms with van der Waals surface area (Å²) in [6.45, 7) is 5.35. The minimum absolute atomic E-state index is 0.0276. The molecule has 2 aliphatic rings. The van der Waals surface area contributed by atoms with E-state index in [-0.39, 0.29) is 19.1 Å². The van der Waals surface area contributed by atoms with Crippen LogP contribution in [-0.2, 0) is 9.53 Å². The number of hydrogen-bond acceptors (Lipinski definition) is 6. The first-order valence-corrected chi connectivity index (χ1v) is 10.5. The Morgan fingerprint density at radius 1 is 1.09 bits per heavy atom. The number of rotatable bonds is 4. The number of amides is 1. The molecule has 1 amide bonds. The van der Waals surface area contributed by atoms with Crippen LogP contribution in [0.15, 0.2) is 36.4 Å². The van der Waals surface area contributed by atoms with Crippen molar-refractivity contribution in [1.29, 1.82) is 0 Å². The van der Waals surface area contributed by atoms with E-state index in [1.165, 1.54) is 24.1 Å². The van der Waals surface area contributed by atoms with Crippen molar-refractivity contribution in [3.05, 3.63) is 53.3 Å². The molecule has 8 nitrogen and oxygen atoms in total. The highest BCUT2D eigenvalue weighted by molar-refractivity contribution is 5.77. The van der Waals surface area contributed by atoms with E-state index in [9.17, 15) is 19.1 Å². The van der Waals surface area contributed by atoms with Crippen molar-refractivity contribution < 1.29 is 38.0 Å². The minimum Gasteiger partial charge on any atom is -0.494 e. The number of carboxylic acids is 1. The lowest BCUT2D eigenvalue weighted by Gasteiger charge is -2.30. The van der Waals surface area contributed by atoms with Crippen LogP contribution in [0.25, 0.3) is 0 Å².